The maximum atomic E-state index is 12.0. The Morgan fingerprint density at radius 3 is 2.78 bits per heavy atom. The Labute approximate surface area is 108 Å². The average molecular weight is 250 g/mol. The van der Waals surface area contributed by atoms with Gasteiger partial charge >= 0.3 is 0 Å². The third kappa shape index (κ3) is 2.54. The summed E-state index contributed by atoms with van der Waals surface area (Å²) in [6.07, 6.45) is 2.69. The Kier molecular flexibility index (Phi) is 3.99. The van der Waals surface area contributed by atoms with Crippen molar-refractivity contribution in [3.05, 3.63) is 11.6 Å². The van der Waals surface area contributed by atoms with Gasteiger partial charge in [0.05, 0.1) is 6.54 Å². The molecule has 2 heterocycles. The molecule has 1 aromatic rings. The smallest absolute Gasteiger partial charge is 0.223 e. The summed E-state index contributed by atoms with van der Waals surface area (Å²) < 4.78 is 2.16. The lowest BCUT2D eigenvalue weighted by Gasteiger charge is -2.28. The Hall–Kier alpha value is -1.39. The molecule has 0 saturated carbocycles. The van der Waals surface area contributed by atoms with E-state index in [9.17, 15) is 4.79 Å². The van der Waals surface area contributed by atoms with Gasteiger partial charge in [0, 0.05) is 25.4 Å². The van der Waals surface area contributed by atoms with Crippen LogP contribution >= 0.6 is 0 Å². The molecule has 0 N–H and O–H groups in total. The molecule has 0 spiro atoms. The molecule has 2 rings (SSSR count). The van der Waals surface area contributed by atoms with E-state index < -0.39 is 0 Å². The van der Waals surface area contributed by atoms with Gasteiger partial charge in [-0.25, -0.2) is 0 Å². The highest BCUT2D eigenvalue weighted by Crippen LogP contribution is 2.18. The van der Waals surface area contributed by atoms with Crippen molar-refractivity contribution in [3.63, 3.8) is 0 Å². The van der Waals surface area contributed by atoms with Crippen molar-refractivity contribution in [2.24, 2.45) is 0 Å². The first-order chi connectivity index (χ1) is 8.63. The summed E-state index contributed by atoms with van der Waals surface area (Å²) in [5.41, 5.74) is 0. The molecule has 1 aliphatic heterocycles. The number of aromatic nitrogens is 3. The highest BCUT2D eigenvalue weighted by atomic mass is 16.2. The second-order valence-corrected chi connectivity index (χ2v) is 5.20. The predicted molar refractivity (Wildman–Crippen MR) is 69.1 cm³/mol. The number of carbonyl (C=O) groups excluding carboxylic acids is 1. The Morgan fingerprint density at radius 2 is 2.11 bits per heavy atom. The fraction of sp³-hybridized carbons (Fsp3) is 0.769. The number of nitrogens with zero attached hydrogens (tertiary/aromatic N) is 4. The molecule has 0 unspecified atom stereocenters. The highest BCUT2D eigenvalue weighted by Gasteiger charge is 2.24. The van der Waals surface area contributed by atoms with E-state index in [-0.39, 0.29) is 5.91 Å². The van der Waals surface area contributed by atoms with Crippen LogP contribution in [0.4, 0.5) is 0 Å². The summed E-state index contributed by atoms with van der Waals surface area (Å²) in [4.78, 5) is 13.9. The number of rotatable bonds is 4. The lowest BCUT2D eigenvalue weighted by Crippen LogP contribution is -2.38. The Balaban J connectivity index is 2.04. The third-order valence-corrected chi connectivity index (χ3v) is 3.40. The molecule has 0 saturated heterocycles. The summed E-state index contributed by atoms with van der Waals surface area (Å²) in [5, 5.41) is 8.44. The summed E-state index contributed by atoms with van der Waals surface area (Å²) in [6.45, 7) is 8.57. The van der Waals surface area contributed by atoms with Crippen molar-refractivity contribution in [1.82, 2.24) is 19.7 Å². The van der Waals surface area contributed by atoms with Crippen molar-refractivity contribution in [1.29, 1.82) is 0 Å². The van der Waals surface area contributed by atoms with Gasteiger partial charge < -0.3 is 9.47 Å². The van der Waals surface area contributed by atoms with Crippen LogP contribution in [0.25, 0.3) is 0 Å². The van der Waals surface area contributed by atoms with Gasteiger partial charge in [-0.05, 0) is 6.42 Å². The van der Waals surface area contributed by atoms with Gasteiger partial charge in [-0.3, -0.25) is 4.79 Å². The van der Waals surface area contributed by atoms with E-state index >= 15 is 0 Å². The SMILES string of the molecule is CCCCC(=O)N1CCn2c(nnc2C(C)C)C1. The van der Waals surface area contributed by atoms with E-state index in [1.807, 2.05) is 4.90 Å². The van der Waals surface area contributed by atoms with E-state index in [0.717, 1.165) is 37.6 Å². The second kappa shape index (κ2) is 5.50. The molecule has 0 fully saturated rings. The highest BCUT2D eigenvalue weighted by molar-refractivity contribution is 5.76. The number of fused-ring (bicyclic) bond motifs is 1. The van der Waals surface area contributed by atoms with Gasteiger partial charge in [-0.1, -0.05) is 27.2 Å². The quantitative estimate of drug-likeness (QED) is 0.820. The second-order valence-electron chi connectivity index (χ2n) is 5.20. The molecule has 5 heteroatoms. The lowest BCUT2D eigenvalue weighted by molar-refractivity contribution is -0.132. The topological polar surface area (TPSA) is 51.0 Å². The maximum Gasteiger partial charge on any atom is 0.223 e. The first-order valence-corrected chi connectivity index (χ1v) is 6.83. The predicted octanol–water partition coefficient (Wildman–Crippen LogP) is 1.93. The largest absolute Gasteiger partial charge is 0.333 e. The van der Waals surface area contributed by atoms with E-state index in [0.29, 0.717) is 18.9 Å². The van der Waals surface area contributed by atoms with Gasteiger partial charge in [0.1, 0.15) is 5.82 Å². The molecular formula is C13H22N4O. The van der Waals surface area contributed by atoms with Crippen LogP contribution in [-0.2, 0) is 17.9 Å². The zero-order chi connectivity index (χ0) is 13.1. The third-order valence-electron chi connectivity index (χ3n) is 3.40. The minimum atomic E-state index is 0.247. The summed E-state index contributed by atoms with van der Waals surface area (Å²) in [7, 11) is 0. The number of amides is 1. The molecule has 0 radical (unpaired) electrons. The molecule has 0 bridgehead atoms. The van der Waals surface area contributed by atoms with Gasteiger partial charge in [0.15, 0.2) is 5.82 Å². The van der Waals surface area contributed by atoms with Crippen LogP contribution in [0.15, 0.2) is 0 Å². The first kappa shape index (κ1) is 13.1. The first-order valence-electron chi connectivity index (χ1n) is 6.83. The van der Waals surface area contributed by atoms with E-state index in [1.165, 1.54) is 0 Å². The molecule has 18 heavy (non-hydrogen) atoms. The van der Waals surface area contributed by atoms with Crippen LogP contribution in [-0.4, -0.2) is 32.1 Å². The number of unbranched alkanes of at least 4 members (excludes halogenated alkanes) is 1. The fourth-order valence-electron chi connectivity index (χ4n) is 2.31. The van der Waals surface area contributed by atoms with Crippen LogP contribution < -0.4 is 0 Å². The molecule has 0 atom stereocenters. The molecule has 1 aliphatic rings. The van der Waals surface area contributed by atoms with Crippen LogP contribution in [0.2, 0.25) is 0 Å². The van der Waals surface area contributed by atoms with Crippen molar-refractivity contribution in [2.75, 3.05) is 6.54 Å². The Morgan fingerprint density at radius 1 is 1.33 bits per heavy atom. The van der Waals surface area contributed by atoms with E-state index in [4.69, 9.17) is 0 Å². The van der Waals surface area contributed by atoms with Crippen molar-refractivity contribution in [2.45, 2.75) is 59.0 Å². The molecular weight excluding hydrogens is 228 g/mol. The minimum Gasteiger partial charge on any atom is -0.333 e. The van der Waals surface area contributed by atoms with E-state index in [1.54, 1.807) is 0 Å². The number of hydrogen-bond acceptors (Lipinski definition) is 3. The van der Waals surface area contributed by atoms with Crippen molar-refractivity contribution < 1.29 is 4.79 Å². The van der Waals surface area contributed by atoms with Crippen LogP contribution in [0.1, 0.15) is 57.6 Å². The summed E-state index contributed by atoms with van der Waals surface area (Å²) in [6, 6.07) is 0. The van der Waals surface area contributed by atoms with Crippen LogP contribution in [0.5, 0.6) is 0 Å². The normalized spacial score (nSPS) is 15.0. The van der Waals surface area contributed by atoms with Gasteiger partial charge in [-0.15, -0.1) is 10.2 Å². The van der Waals surface area contributed by atoms with Gasteiger partial charge in [0.25, 0.3) is 0 Å². The summed E-state index contributed by atoms with van der Waals surface area (Å²) in [5.74, 6) is 2.59. The van der Waals surface area contributed by atoms with Gasteiger partial charge in [0.2, 0.25) is 5.91 Å². The van der Waals surface area contributed by atoms with E-state index in [2.05, 4.69) is 35.5 Å². The Bertz CT molecular complexity index is 425. The van der Waals surface area contributed by atoms with Crippen LogP contribution in [0.3, 0.4) is 0 Å². The van der Waals surface area contributed by atoms with Crippen LogP contribution in [0, 0.1) is 0 Å². The molecule has 0 aliphatic carbocycles. The lowest BCUT2D eigenvalue weighted by atomic mass is 10.2. The van der Waals surface area contributed by atoms with Crippen molar-refractivity contribution in [3.8, 4) is 0 Å². The van der Waals surface area contributed by atoms with Crippen molar-refractivity contribution >= 4 is 5.91 Å². The molecule has 100 valence electrons. The zero-order valence-corrected chi connectivity index (χ0v) is 11.5. The molecule has 1 aromatic heterocycles. The summed E-state index contributed by atoms with van der Waals surface area (Å²) >= 11 is 0. The maximum absolute atomic E-state index is 12.0. The molecule has 0 aromatic carbocycles. The molecule has 5 nitrogen and oxygen atoms in total. The standard InChI is InChI=1S/C13H22N4O/c1-4-5-6-12(18)16-7-8-17-11(9-16)14-15-13(17)10(2)3/h10H,4-9H2,1-3H3. The number of hydrogen-bond donors (Lipinski definition) is 0. The number of carbonyl (C=O) groups is 1. The molecule has 1 amide bonds. The zero-order valence-electron chi connectivity index (χ0n) is 11.5. The van der Waals surface area contributed by atoms with Gasteiger partial charge in [-0.2, -0.15) is 0 Å². The monoisotopic (exact) mass is 250 g/mol. The minimum absolute atomic E-state index is 0.247. The average Bonchev–Trinajstić information content (AvgIpc) is 2.78. The fourth-order valence-corrected chi connectivity index (χ4v) is 2.31.